The zero-order valence-corrected chi connectivity index (χ0v) is 8.90. The largest absolute Gasteiger partial charge is 0.426 e. The van der Waals surface area contributed by atoms with Crippen molar-refractivity contribution in [2.75, 3.05) is 0 Å². The first-order valence-corrected chi connectivity index (χ1v) is 4.76. The highest BCUT2D eigenvalue weighted by molar-refractivity contribution is 5.74. The number of rotatable bonds is 4. The SMILES string of the molecule is CC(C)C(=O)Oc1ccc(CON)cc1. The highest BCUT2D eigenvalue weighted by Crippen LogP contribution is 2.14. The molecule has 0 fully saturated rings. The molecule has 4 heteroatoms. The minimum Gasteiger partial charge on any atom is -0.426 e. The summed E-state index contributed by atoms with van der Waals surface area (Å²) in [5.74, 6) is 5.10. The lowest BCUT2D eigenvalue weighted by Crippen LogP contribution is -2.14. The molecule has 1 aromatic rings. The Balaban J connectivity index is 2.60. The van der Waals surface area contributed by atoms with Gasteiger partial charge in [-0.3, -0.25) is 9.63 Å². The molecule has 0 radical (unpaired) electrons. The molecule has 1 rings (SSSR count). The zero-order valence-electron chi connectivity index (χ0n) is 8.90. The summed E-state index contributed by atoms with van der Waals surface area (Å²) in [6.45, 7) is 3.93. The molecule has 0 heterocycles. The molecular weight excluding hydrogens is 194 g/mol. The van der Waals surface area contributed by atoms with Gasteiger partial charge in [-0.1, -0.05) is 26.0 Å². The lowest BCUT2D eigenvalue weighted by Gasteiger charge is -2.06. The van der Waals surface area contributed by atoms with Gasteiger partial charge < -0.3 is 4.74 Å². The zero-order chi connectivity index (χ0) is 11.3. The summed E-state index contributed by atoms with van der Waals surface area (Å²) in [6.07, 6.45) is 0. The van der Waals surface area contributed by atoms with Crippen molar-refractivity contribution in [3.05, 3.63) is 29.8 Å². The molecule has 0 bridgehead atoms. The second-order valence-corrected chi connectivity index (χ2v) is 3.53. The summed E-state index contributed by atoms with van der Waals surface area (Å²) < 4.78 is 5.10. The third kappa shape index (κ3) is 3.69. The van der Waals surface area contributed by atoms with Gasteiger partial charge in [0.1, 0.15) is 5.75 Å². The van der Waals surface area contributed by atoms with Crippen LogP contribution in [0.4, 0.5) is 0 Å². The van der Waals surface area contributed by atoms with Crippen LogP contribution < -0.4 is 10.6 Å². The van der Waals surface area contributed by atoms with Crippen LogP contribution in [0.15, 0.2) is 24.3 Å². The molecule has 0 amide bonds. The van der Waals surface area contributed by atoms with Crippen molar-refractivity contribution in [3.63, 3.8) is 0 Å². The van der Waals surface area contributed by atoms with Gasteiger partial charge in [0.25, 0.3) is 0 Å². The van der Waals surface area contributed by atoms with Crippen molar-refractivity contribution < 1.29 is 14.4 Å². The number of carbonyl (C=O) groups is 1. The molecule has 2 N–H and O–H groups in total. The number of hydrogen-bond acceptors (Lipinski definition) is 4. The van der Waals surface area contributed by atoms with Gasteiger partial charge in [0.15, 0.2) is 0 Å². The van der Waals surface area contributed by atoms with Gasteiger partial charge >= 0.3 is 5.97 Å². The van der Waals surface area contributed by atoms with E-state index >= 15 is 0 Å². The Morgan fingerprint density at radius 1 is 1.33 bits per heavy atom. The van der Waals surface area contributed by atoms with Gasteiger partial charge in [-0.05, 0) is 17.7 Å². The van der Waals surface area contributed by atoms with Crippen LogP contribution in [0.1, 0.15) is 19.4 Å². The van der Waals surface area contributed by atoms with Gasteiger partial charge in [-0.2, -0.15) is 0 Å². The van der Waals surface area contributed by atoms with Gasteiger partial charge in [-0.25, -0.2) is 5.90 Å². The molecule has 0 aromatic heterocycles. The van der Waals surface area contributed by atoms with Crippen LogP contribution in [0.25, 0.3) is 0 Å². The van der Waals surface area contributed by atoms with E-state index < -0.39 is 0 Å². The predicted octanol–water partition coefficient (Wildman–Crippen LogP) is 1.64. The van der Waals surface area contributed by atoms with Gasteiger partial charge in [0, 0.05) is 0 Å². The Hall–Kier alpha value is -1.39. The van der Waals surface area contributed by atoms with Crippen LogP contribution in [0.3, 0.4) is 0 Å². The van der Waals surface area contributed by atoms with Crippen LogP contribution in [0.2, 0.25) is 0 Å². The van der Waals surface area contributed by atoms with Gasteiger partial charge in [0.2, 0.25) is 0 Å². The van der Waals surface area contributed by atoms with Crippen LogP contribution in [0, 0.1) is 5.92 Å². The van der Waals surface area contributed by atoms with E-state index in [1.54, 1.807) is 38.1 Å². The summed E-state index contributed by atoms with van der Waals surface area (Å²) in [5, 5.41) is 0. The van der Waals surface area contributed by atoms with E-state index in [-0.39, 0.29) is 11.9 Å². The first kappa shape index (κ1) is 11.7. The monoisotopic (exact) mass is 209 g/mol. The number of benzene rings is 1. The van der Waals surface area contributed by atoms with E-state index in [1.807, 2.05) is 0 Å². The molecule has 0 atom stereocenters. The first-order chi connectivity index (χ1) is 7.13. The summed E-state index contributed by atoms with van der Waals surface area (Å²) >= 11 is 0. The van der Waals surface area contributed by atoms with Crippen LogP contribution in [-0.4, -0.2) is 5.97 Å². The fourth-order valence-corrected chi connectivity index (χ4v) is 0.984. The molecule has 0 unspecified atom stereocenters. The third-order valence-corrected chi connectivity index (χ3v) is 1.86. The van der Waals surface area contributed by atoms with E-state index in [4.69, 9.17) is 10.6 Å². The third-order valence-electron chi connectivity index (χ3n) is 1.86. The van der Waals surface area contributed by atoms with E-state index in [2.05, 4.69) is 4.84 Å². The van der Waals surface area contributed by atoms with Crippen molar-refractivity contribution in [3.8, 4) is 5.75 Å². The van der Waals surface area contributed by atoms with Crippen LogP contribution >= 0.6 is 0 Å². The minimum absolute atomic E-state index is 0.128. The number of nitrogens with two attached hydrogens (primary N) is 1. The Morgan fingerprint density at radius 2 is 1.93 bits per heavy atom. The number of esters is 1. The van der Waals surface area contributed by atoms with Crippen LogP contribution in [0.5, 0.6) is 5.75 Å². The molecule has 4 nitrogen and oxygen atoms in total. The van der Waals surface area contributed by atoms with Crippen molar-refractivity contribution in [1.82, 2.24) is 0 Å². The molecule has 82 valence electrons. The fraction of sp³-hybridized carbons (Fsp3) is 0.364. The Morgan fingerprint density at radius 3 is 2.40 bits per heavy atom. The highest BCUT2D eigenvalue weighted by Gasteiger charge is 2.09. The maximum atomic E-state index is 11.3. The standard InChI is InChI=1S/C11H15NO3/c1-8(2)11(13)15-10-5-3-9(4-6-10)7-14-12/h3-6,8H,7,12H2,1-2H3. The van der Waals surface area contributed by atoms with E-state index in [0.717, 1.165) is 5.56 Å². The smallest absolute Gasteiger partial charge is 0.313 e. The van der Waals surface area contributed by atoms with E-state index in [9.17, 15) is 4.79 Å². The topological polar surface area (TPSA) is 61.5 Å². The summed E-state index contributed by atoms with van der Waals surface area (Å²) in [7, 11) is 0. The molecule has 15 heavy (non-hydrogen) atoms. The number of ether oxygens (including phenoxy) is 1. The van der Waals surface area contributed by atoms with E-state index in [0.29, 0.717) is 12.4 Å². The minimum atomic E-state index is -0.238. The maximum absolute atomic E-state index is 11.3. The lowest BCUT2D eigenvalue weighted by molar-refractivity contribution is -0.137. The Labute approximate surface area is 88.9 Å². The van der Waals surface area contributed by atoms with Crippen molar-refractivity contribution >= 4 is 5.97 Å². The molecule has 0 aliphatic heterocycles. The second-order valence-electron chi connectivity index (χ2n) is 3.53. The van der Waals surface area contributed by atoms with Crippen molar-refractivity contribution in [2.24, 2.45) is 11.8 Å². The Bertz CT molecular complexity index is 319. The summed E-state index contributed by atoms with van der Waals surface area (Å²) in [5.41, 5.74) is 0.932. The van der Waals surface area contributed by atoms with Crippen LogP contribution in [-0.2, 0) is 16.2 Å². The number of carbonyl (C=O) groups excluding carboxylic acids is 1. The molecule has 0 saturated carbocycles. The average molecular weight is 209 g/mol. The van der Waals surface area contributed by atoms with Crippen molar-refractivity contribution in [1.29, 1.82) is 0 Å². The fourth-order valence-electron chi connectivity index (χ4n) is 0.984. The van der Waals surface area contributed by atoms with Gasteiger partial charge in [0.05, 0.1) is 12.5 Å². The Kier molecular flexibility index (Phi) is 4.27. The normalized spacial score (nSPS) is 10.4. The van der Waals surface area contributed by atoms with Gasteiger partial charge in [-0.15, -0.1) is 0 Å². The molecule has 0 aliphatic rings. The molecule has 0 aliphatic carbocycles. The maximum Gasteiger partial charge on any atom is 0.313 e. The lowest BCUT2D eigenvalue weighted by atomic mass is 10.2. The highest BCUT2D eigenvalue weighted by atomic mass is 16.6. The molecular formula is C11H15NO3. The average Bonchev–Trinajstić information content (AvgIpc) is 2.21. The first-order valence-electron chi connectivity index (χ1n) is 4.76. The second kappa shape index (κ2) is 5.48. The predicted molar refractivity (Wildman–Crippen MR) is 55.9 cm³/mol. The van der Waals surface area contributed by atoms with Crippen molar-refractivity contribution in [2.45, 2.75) is 20.5 Å². The summed E-state index contributed by atoms with van der Waals surface area (Å²) in [4.78, 5) is 15.7. The summed E-state index contributed by atoms with van der Waals surface area (Å²) in [6, 6.07) is 7.04. The molecule has 0 spiro atoms. The van der Waals surface area contributed by atoms with E-state index in [1.165, 1.54) is 0 Å². The molecule has 1 aromatic carbocycles. The molecule has 0 saturated heterocycles. The quantitative estimate of drug-likeness (QED) is 0.465. The number of hydrogen-bond donors (Lipinski definition) is 1.